The van der Waals surface area contributed by atoms with Crippen molar-refractivity contribution in [2.45, 2.75) is 26.0 Å². The Kier molecular flexibility index (Phi) is 6.35. The van der Waals surface area contributed by atoms with Crippen LogP contribution < -0.4 is 14.4 Å². The average molecular weight is 501 g/mol. The molecule has 9 heteroatoms. The third-order valence-corrected chi connectivity index (χ3v) is 5.98. The molecule has 1 saturated heterocycles. The van der Waals surface area contributed by atoms with Crippen molar-refractivity contribution in [1.29, 1.82) is 0 Å². The quantitative estimate of drug-likeness (QED) is 0.242. The van der Waals surface area contributed by atoms with Crippen LogP contribution in [0.4, 0.5) is 5.69 Å². The Hall–Kier alpha value is -4.66. The van der Waals surface area contributed by atoms with Crippen LogP contribution in [0.25, 0.3) is 5.76 Å². The zero-order valence-electron chi connectivity index (χ0n) is 20.2. The maximum Gasteiger partial charge on any atom is 0.338 e. The van der Waals surface area contributed by atoms with E-state index < -0.39 is 23.7 Å². The van der Waals surface area contributed by atoms with Gasteiger partial charge in [-0.1, -0.05) is 6.07 Å². The monoisotopic (exact) mass is 500 g/mol. The summed E-state index contributed by atoms with van der Waals surface area (Å²) in [6.07, 6.45) is 2.83. The van der Waals surface area contributed by atoms with Gasteiger partial charge in [-0.05, 0) is 67.9 Å². The van der Waals surface area contributed by atoms with Gasteiger partial charge in [0.2, 0.25) is 0 Å². The number of hydrogen-bond donors (Lipinski definition) is 1. The molecule has 1 unspecified atom stereocenters. The third-order valence-electron chi connectivity index (χ3n) is 5.98. The number of amides is 1. The van der Waals surface area contributed by atoms with E-state index in [1.807, 2.05) is 0 Å². The molecule has 37 heavy (non-hydrogen) atoms. The molecule has 2 aliphatic rings. The molecule has 5 rings (SSSR count). The van der Waals surface area contributed by atoms with Crippen molar-refractivity contribution in [2.24, 2.45) is 0 Å². The number of fused-ring (bicyclic) bond motifs is 1. The number of Topliss-reactive ketones (excluding diaryl/α,β-unsaturated/α-hetero) is 1. The van der Waals surface area contributed by atoms with Gasteiger partial charge in [0.1, 0.15) is 19.0 Å². The van der Waals surface area contributed by atoms with Gasteiger partial charge < -0.3 is 19.3 Å². The van der Waals surface area contributed by atoms with Crippen LogP contribution >= 0.6 is 0 Å². The number of rotatable bonds is 5. The maximum atomic E-state index is 13.3. The standard InChI is InChI=1S/C28H24N2O7/c1-16(2)37-28(34)17-5-8-20(9-6-17)30-24(19-4-3-11-29-15-19)23(26(32)27(30)33)25(31)18-7-10-21-22(14-18)36-13-12-35-21/h3-11,14-16,24,31H,12-13H2,1-2H3/b25-23-. The van der Waals surface area contributed by atoms with E-state index in [4.69, 9.17) is 14.2 Å². The van der Waals surface area contributed by atoms with Gasteiger partial charge in [-0.25, -0.2) is 4.79 Å². The van der Waals surface area contributed by atoms with Crippen LogP contribution in [0.1, 0.15) is 41.4 Å². The summed E-state index contributed by atoms with van der Waals surface area (Å²) in [7, 11) is 0. The molecule has 2 aromatic carbocycles. The van der Waals surface area contributed by atoms with E-state index in [2.05, 4.69) is 4.98 Å². The first-order valence-corrected chi connectivity index (χ1v) is 11.8. The van der Waals surface area contributed by atoms with E-state index in [0.29, 0.717) is 47.1 Å². The highest BCUT2D eigenvalue weighted by atomic mass is 16.6. The first kappa shape index (κ1) is 24.1. The summed E-state index contributed by atoms with van der Waals surface area (Å²) in [4.78, 5) is 44.3. The first-order chi connectivity index (χ1) is 17.8. The second-order valence-electron chi connectivity index (χ2n) is 8.81. The number of nitrogens with zero attached hydrogens (tertiary/aromatic N) is 2. The van der Waals surface area contributed by atoms with Crippen LogP contribution in [0.2, 0.25) is 0 Å². The molecule has 1 atom stereocenters. The molecule has 1 N–H and O–H groups in total. The minimum Gasteiger partial charge on any atom is -0.507 e. The summed E-state index contributed by atoms with van der Waals surface area (Å²) in [6, 6.07) is 13.5. The number of ketones is 1. The van der Waals surface area contributed by atoms with Crippen LogP contribution in [-0.4, -0.2) is 47.1 Å². The lowest BCUT2D eigenvalue weighted by molar-refractivity contribution is -0.132. The Morgan fingerprint density at radius 1 is 1.03 bits per heavy atom. The lowest BCUT2D eigenvalue weighted by Gasteiger charge is -2.25. The number of carbonyl (C=O) groups is 3. The SMILES string of the molecule is CC(C)OC(=O)c1ccc(N2C(=O)C(=O)/C(=C(\O)c3ccc4c(c3)OCCO4)C2c2cccnc2)cc1. The Morgan fingerprint density at radius 2 is 1.73 bits per heavy atom. The molecular weight excluding hydrogens is 476 g/mol. The third kappa shape index (κ3) is 4.51. The Bertz CT molecular complexity index is 1400. The van der Waals surface area contributed by atoms with Gasteiger partial charge >= 0.3 is 5.97 Å². The van der Waals surface area contributed by atoms with Gasteiger partial charge in [0.25, 0.3) is 11.7 Å². The number of aromatic nitrogens is 1. The van der Waals surface area contributed by atoms with Gasteiger partial charge in [-0.15, -0.1) is 0 Å². The van der Waals surface area contributed by atoms with Crippen molar-refractivity contribution in [3.63, 3.8) is 0 Å². The van der Waals surface area contributed by atoms with Gasteiger partial charge in [0.15, 0.2) is 11.5 Å². The molecule has 1 amide bonds. The smallest absolute Gasteiger partial charge is 0.338 e. The number of benzene rings is 2. The minimum atomic E-state index is -0.949. The molecule has 0 aliphatic carbocycles. The van der Waals surface area contributed by atoms with Gasteiger partial charge in [0, 0.05) is 23.6 Å². The van der Waals surface area contributed by atoms with Crippen molar-refractivity contribution < 1.29 is 33.7 Å². The molecule has 0 spiro atoms. The molecule has 0 radical (unpaired) electrons. The zero-order valence-corrected chi connectivity index (χ0v) is 20.2. The van der Waals surface area contributed by atoms with Crippen molar-refractivity contribution in [2.75, 3.05) is 18.1 Å². The molecule has 1 fully saturated rings. The number of anilines is 1. The fraction of sp³-hybridized carbons (Fsp3) is 0.214. The summed E-state index contributed by atoms with van der Waals surface area (Å²) >= 11 is 0. The lowest BCUT2D eigenvalue weighted by Crippen LogP contribution is -2.29. The highest BCUT2D eigenvalue weighted by molar-refractivity contribution is 6.51. The van der Waals surface area contributed by atoms with Crippen LogP contribution in [0.5, 0.6) is 11.5 Å². The van der Waals surface area contributed by atoms with E-state index in [0.717, 1.165) is 0 Å². The molecule has 2 aliphatic heterocycles. The number of hydrogen-bond acceptors (Lipinski definition) is 8. The topological polar surface area (TPSA) is 115 Å². The van der Waals surface area contributed by atoms with E-state index in [1.165, 1.54) is 23.2 Å². The van der Waals surface area contributed by atoms with Crippen molar-refractivity contribution >= 4 is 29.1 Å². The van der Waals surface area contributed by atoms with Gasteiger partial charge in [-0.3, -0.25) is 19.5 Å². The second kappa shape index (κ2) is 9.77. The van der Waals surface area contributed by atoms with Crippen LogP contribution in [-0.2, 0) is 14.3 Å². The number of pyridine rings is 1. The first-order valence-electron chi connectivity index (χ1n) is 11.8. The number of ether oxygens (including phenoxy) is 3. The summed E-state index contributed by atoms with van der Waals surface area (Å²) in [5.41, 5.74) is 1.44. The maximum absolute atomic E-state index is 13.3. The molecule has 0 bridgehead atoms. The highest BCUT2D eigenvalue weighted by Crippen LogP contribution is 2.43. The molecule has 0 saturated carbocycles. The van der Waals surface area contributed by atoms with Crippen LogP contribution in [0.3, 0.4) is 0 Å². The van der Waals surface area contributed by atoms with Gasteiger partial charge in [0.05, 0.1) is 23.3 Å². The molecular formula is C28H24N2O7. The van der Waals surface area contributed by atoms with Crippen LogP contribution in [0.15, 0.2) is 72.6 Å². The highest BCUT2D eigenvalue weighted by Gasteiger charge is 2.47. The fourth-order valence-corrected chi connectivity index (χ4v) is 4.34. The predicted octanol–water partition coefficient (Wildman–Crippen LogP) is 4.04. The lowest BCUT2D eigenvalue weighted by atomic mass is 9.96. The Morgan fingerprint density at radius 3 is 2.41 bits per heavy atom. The van der Waals surface area contributed by atoms with E-state index in [9.17, 15) is 19.5 Å². The molecule has 3 aromatic rings. The summed E-state index contributed by atoms with van der Waals surface area (Å²) in [6.45, 7) is 4.28. The second-order valence-corrected chi connectivity index (χ2v) is 8.81. The van der Waals surface area contributed by atoms with Gasteiger partial charge in [-0.2, -0.15) is 0 Å². The number of carbonyl (C=O) groups excluding carboxylic acids is 3. The number of aliphatic hydroxyl groups excluding tert-OH is 1. The van der Waals surface area contributed by atoms with E-state index in [1.54, 1.807) is 62.5 Å². The van der Waals surface area contributed by atoms with Crippen molar-refractivity contribution in [3.8, 4) is 11.5 Å². The number of esters is 1. The molecule has 9 nitrogen and oxygen atoms in total. The largest absolute Gasteiger partial charge is 0.507 e. The van der Waals surface area contributed by atoms with Crippen molar-refractivity contribution in [3.05, 3.63) is 89.3 Å². The Balaban J connectivity index is 1.59. The molecule has 3 heterocycles. The predicted molar refractivity (Wildman–Crippen MR) is 133 cm³/mol. The minimum absolute atomic E-state index is 0.0852. The summed E-state index contributed by atoms with van der Waals surface area (Å²) in [5, 5.41) is 11.3. The zero-order chi connectivity index (χ0) is 26.1. The number of aliphatic hydroxyl groups is 1. The summed E-state index contributed by atoms with van der Waals surface area (Å²) in [5.74, 6) is -1.53. The van der Waals surface area contributed by atoms with Crippen LogP contribution in [0, 0.1) is 0 Å². The van der Waals surface area contributed by atoms with E-state index in [-0.39, 0.29) is 17.4 Å². The Labute approximate surface area is 212 Å². The fourth-order valence-electron chi connectivity index (χ4n) is 4.34. The molecule has 1 aromatic heterocycles. The normalized spacial score (nSPS) is 18.2. The molecule has 188 valence electrons. The summed E-state index contributed by atoms with van der Waals surface area (Å²) < 4.78 is 16.4. The van der Waals surface area contributed by atoms with Crippen molar-refractivity contribution in [1.82, 2.24) is 4.98 Å². The average Bonchev–Trinajstić information content (AvgIpc) is 3.18. The van der Waals surface area contributed by atoms with E-state index >= 15 is 0 Å².